The second-order valence-corrected chi connectivity index (χ2v) is 16.2. The van der Waals surface area contributed by atoms with Gasteiger partial charge < -0.3 is 18.9 Å². The molecule has 1 aliphatic carbocycles. The fourth-order valence-electron chi connectivity index (χ4n) is 7.78. The van der Waals surface area contributed by atoms with E-state index in [1.807, 2.05) is 13.8 Å². The molecule has 0 amide bonds. The van der Waals surface area contributed by atoms with Crippen molar-refractivity contribution in [2.24, 2.45) is 22.1 Å². The van der Waals surface area contributed by atoms with Crippen LogP contribution in [0.4, 0.5) is 11.4 Å². The number of nitrogens with zero attached hydrogens (tertiary/aromatic N) is 2. The summed E-state index contributed by atoms with van der Waals surface area (Å²) < 4.78 is 23.5. The number of hydrogen-bond donors (Lipinski definition) is 0. The van der Waals surface area contributed by atoms with E-state index < -0.39 is 5.97 Å². The molecule has 1 aliphatic rings. The van der Waals surface area contributed by atoms with Gasteiger partial charge in [-0.2, -0.15) is 5.11 Å². The Morgan fingerprint density at radius 3 is 1.76 bits per heavy atom. The first-order valence-electron chi connectivity index (χ1n) is 22.9. The Bertz CT molecular complexity index is 1630. The van der Waals surface area contributed by atoms with E-state index in [1.165, 1.54) is 103 Å². The number of esters is 2. The molecule has 8 nitrogen and oxygen atoms in total. The van der Waals surface area contributed by atoms with Crippen LogP contribution < -0.4 is 18.9 Å². The average molecular weight is 797 g/mol. The molecule has 0 unspecified atom stereocenters. The summed E-state index contributed by atoms with van der Waals surface area (Å²) in [5, 5.41) is 9.06. The molecule has 0 aromatic heterocycles. The standard InChI is InChI=1S/C50H72N2O6/c1-5-8-10-11-12-13-14-15-16-17-18-19-20-22-38-56-48-39(4)47(58-50(54)42-28-32-44(33-29-42)55-7-3)37-36-46(48)52-51-43-30-34-45(35-31-43)57-49(53)41-26-24-40(25-27-41)23-21-9-6-2/h28-37,40-41H,5-27,38H2,1-4H3. The van der Waals surface area contributed by atoms with Crippen LogP contribution in [-0.4, -0.2) is 25.2 Å². The number of azo groups is 1. The second kappa shape index (κ2) is 27.5. The first kappa shape index (κ1) is 46.5. The smallest absolute Gasteiger partial charge is 0.343 e. The predicted molar refractivity (Wildman–Crippen MR) is 235 cm³/mol. The summed E-state index contributed by atoms with van der Waals surface area (Å²) in [4.78, 5) is 26.1. The molecule has 0 aliphatic heterocycles. The van der Waals surface area contributed by atoms with E-state index in [2.05, 4.69) is 24.1 Å². The first-order chi connectivity index (χ1) is 28.4. The first-order valence-corrected chi connectivity index (χ1v) is 22.9. The van der Waals surface area contributed by atoms with Gasteiger partial charge in [-0.15, -0.1) is 5.11 Å². The maximum Gasteiger partial charge on any atom is 0.343 e. The largest absolute Gasteiger partial charge is 0.494 e. The van der Waals surface area contributed by atoms with Crippen LogP contribution in [0.5, 0.6) is 23.0 Å². The van der Waals surface area contributed by atoms with Crippen LogP contribution in [0.1, 0.15) is 178 Å². The van der Waals surface area contributed by atoms with Gasteiger partial charge in [0.2, 0.25) is 0 Å². The van der Waals surface area contributed by atoms with Crippen molar-refractivity contribution in [2.45, 2.75) is 169 Å². The minimum Gasteiger partial charge on any atom is -0.494 e. The highest BCUT2D eigenvalue weighted by molar-refractivity contribution is 5.91. The fourth-order valence-corrected chi connectivity index (χ4v) is 7.78. The van der Waals surface area contributed by atoms with Gasteiger partial charge in [-0.3, -0.25) is 4.79 Å². The van der Waals surface area contributed by atoms with Crippen molar-refractivity contribution in [1.29, 1.82) is 0 Å². The van der Waals surface area contributed by atoms with Crippen LogP contribution in [-0.2, 0) is 4.79 Å². The number of carbonyl (C=O) groups is 2. The third-order valence-corrected chi connectivity index (χ3v) is 11.4. The number of benzene rings is 3. The number of unbranched alkanes of at least 4 members (excludes halogenated alkanes) is 15. The lowest BCUT2D eigenvalue weighted by atomic mass is 9.80. The van der Waals surface area contributed by atoms with Gasteiger partial charge in [0.15, 0.2) is 5.75 Å². The summed E-state index contributed by atoms with van der Waals surface area (Å²) in [6.45, 7) is 9.39. The normalized spacial score (nSPS) is 15.4. The van der Waals surface area contributed by atoms with Gasteiger partial charge >= 0.3 is 11.9 Å². The highest BCUT2D eigenvalue weighted by Gasteiger charge is 2.27. The molecule has 58 heavy (non-hydrogen) atoms. The minimum absolute atomic E-state index is 0.0313. The van der Waals surface area contributed by atoms with Gasteiger partial charge in [0.25, 0.3) is 0 Å². The van der Waals surface area contributed by atoms with Crippen LogP contribution in [0.2, 0.25) is 0 Å². The fraction of sp³-hybridized carbons (Fsp3) is 0.600. The molecule has 0 radical (unpaired) electrons. The van der Waals surface area contributed by atoms with Crippen LogP contribution in [0, 0.1) is 18.8 Å². The van der Waals surface area contributed by atoms with Gasteiger partial charge in [0.1, 0.15) is 22.9 Å². The lowest BCUT2D eigenvalue weighted by Crippen LogP contribution is -2.25. The van der Waals surface area contributed by atoms with E-state index in [9.17, 15) is 9.59 Å². The van der Waals surface area contributed by atoms with Crippen molar-refractivity contribution in [3.63, 3.8) is 0 Å². The van der Waals surface area contributed by atoms with E-state index in [4.69, 9.17) is 18.9 Å². The zero-order chi connectivity index (χ0) is 41.2. The summed E-state index contributed by atoms with van der Waals surface area (Å²) >= 11 is 0. The monoisotopic (exact) mass is 797 g/mol. The molecular weight excluding hydrogens is 725 g/mol. The molecule has 318 valence electrons. The van der Waals surface area contributed by atoms with Gasteiger partial charge in [-0.25, -0.2) is 4.79 Å². The third-order valence-electron chi connectivity index (χ3n) is 11.4. The van der Waals surface area contributed by atoms with Crippen molar-refractivity contribution < 1.29 is 28.5 Å². The SMILES string of the molecule is CCCCCCCCCCCCCCCCOc1c(N=Nc2ccc(OC(=O)C3CCC(CCCCC)CC3)cc2)ccc(OC(=O)c2ccc(OCC)cc2)c1C. The van der Waals surface area contributed by atoms with Crippen molar-refractivity contribution >= 4 is 23.3 Å². The molecule has 0 heterocycles. The summed E-state index contributed by atoms with van der Waals surface area (Å²) in [7, 11) is 0. The minimum atomic E-state index is -0.464. The van der Waals surface area contributed by atoms with Crippen LogP contribution in [0.15, 0.2) is 70.9 Å². The zero-order valence-electron chi connectivity index (χ0n) is 36.2. The number of carbonyl (C=O) groups excluding carboxylic acids is 2. The Balaban J connectivity index is 1.30. The molecule has 3 aromatic rings. The number of ether oxygens (including phenoxy) is 4. The second-order valence-electron chi connectivity index (χ2n) is 16.2. The maximum atomic E-state index is 13.1. The molecule has 0 saturated heterocycles. The quantitative estimate of drug-likeness (QED) is 0.0314. The van der Waals surface area contributed by atoms with Crippen LogP contribution in [0.3, 0.4) is 0 Å². The molecule has 4 rings (SSSR count). The van der Waals surface area contributed by atoms with E-state index >= 15 is 0 Å². The highest BCUT2D eigenvalue weighted by Crippen LogP contribution is 2.39. The molecule has 0 spiro atoms. The Kier molecular flexibility index (Phi) is 22.0. The maximum absolute atomic E-state index is 13.1. The zero-order valence-corrected chi connectivity index (χ0v) is 36.2. The van der Waals surface area contributed by atoms with Crippen molar-refractivity contribution in [1.82, 2.24) is 0 Å². The molecule has 1 saturated carbocycles. The van der Waals surface area contributed by atoms with Gasteiger partial charge in [-0.1, -0.05) is 123 Å². The van der Waals surface area contributed by atoms with Crippen LogP contribution in [0.25, 0.3) is 0 Å². The van der Waals surface area contributed by atoms with Crippen molar-refractivity contribution in [3.8, 4) is 23.0 Å². The predicted octanol–water partition coefficient (Wildman–Crippen LogP) is 15.2. The Labute approximate surface area is 349 Å². The summed E-state index contributed by atoms with van der Waals surface area (Å²) in [6, 6.07) is 17.6. The van der Waals surface area contributed by atoms with Crippen molar-refractivity contribution in [2.75, 3.05) is 13.2 Å². The van der Waals surface area contributed by atoms with Gasteiger partial charge in [-0.05, 0) is 113 Å². The lowest BCUT2D eigenvalue weighted by molar-refractivity contribution is -0.140. The Hall–Kier alpha value is -4.20. The highest BCUT2D eigenvalue weighted by atomic mass is 16.5. The lowest BCUT2D eigenvalue weighted by Gasteiger charge is -2.27. The van der Waals surface area contributed by atoms with E-state index in [0.29, 0.717) is 58.7 Å². The van der Waals surface area contributed by atoms with Crippen LogP contribution >= 0.6 is 0 Å². The van der Waals surface area contributed by atoms with E-state index in [-0.39, 0.29) is 11.9 Å². The Morgan fingerprint density at radius 1 is 0.586 bits per heavy atom. The molecule has 0 bridgehead atoms. The number of rotatable bonds is 28. The average Bonchev–Trinajstić information content (AvgIpc) is 3.24. The topological polar surface area (TPSA) is 95.8 Å². The van der Waals surface area contributed by atoms with Gasteiger partial charge in [0.05, 0.1) is 30.4 Å². The molecule has 8 heteroatoms. The van der Waals surface area contributed by atoms with Gasteiger partial charge in [0, 0.05) is 5.56 Å². The molecule has 3 aromatic carbocycles. The Morgan fingerprint density at radius 2 is 1.16 bits per heavy atom. The molecule has 0 N–H and O–H groups in total. The summed E-state index contributed by atoms with van der Waals surface area (Å²) in [6.07, 6.45) is 27.2. The molecular formula is C50H72N2O6. The molecule has 0 atom stereocenters. The molecule has 1 fully saturated rings. The van der Waals surface area contributed by atoms with E-state index in [0.717, 1.165) is 44.4 Å². The third kappa shape index (κ3) is 17.0. The summed E-state index contributed by atoms with van der Waals surface area (Å²) in [5.74, 6) is 2.28. The van der Waals surface area contributed by atoms with Crippen molar-refractivity contribution in [3.05, 3.63) is 71.8 Å². The number of hydrogen-bond acceptors (Lipinski definition) is 8. The summed E-state index contributed by atoms with van der Waals surface area (Å²) in [5.41, 5.74) is 2.27. The van der Waals surface area contributed by atoms with E-state index in [1.54, 1.807) is 60.7 Å².